The van der Waals surface area contributed by atoms with Gasteiger partial charge in [0.2, 0.25) is 0 Å². The molecule has 2 amide bonds. The van der Waals surface area contributed by atoms with E-state index in [9.17, 15) is 9.59 Å². The molecule has 2 N–H and O–H groups in total. The summed E-state index contributed by atoms with van der Waals surface area (Å²) in [5.41, 5.74) is -0.0203. The average Bonchev–Trinajstić information content (AvgIpc) is 2.43. The van der Waals surface area contributed by atoms with E-state index in [1.165, 1.54) is 18.7 Å². The van der Waals surface area contributed by atoms with E-state index in [1.807, 2.05) is 6.07 Å². The highest BCUT2D eigenvalue weighted by atomic mass is 16.4. The fraction of sp³-hybridized carbons (Fsp3) is 0.357. The third-order valence-electron chi connectivity index (χ3n) is 2.93. The van der Waals surface area contributed by atoms with E-state index in [1.54, 1.807) is 31.3 Å². The highest BCUT2D eigenvalue weighted by Gasteiger charge is 2.28. The zero-order valence-corrected chi connectivity index (χ0v) is 11.7. The minimum atomic E-state index is -1.04. The molecule has 0 fully saturated rings. The number of nitrogens with one attached hydrogen (secondary N) is 1. The normalized spacial score (nSPS) is 10.5. The summed E-state index contributed by atoms with van der Waals surface area (Å²) < 4.78 is 0. The number of anilines is 1. The second-order valence-corrected chi connectivity index (χ2v) is 5.07. The molecule has 1 aromatic carbocycles. The van der Waals surface area contributed by atoms with Crippen molar-refractivity contribution in [2.75, 3.05) is 18.5 Å². The number of rotatable bonds is 4. The highest BCUT2D eigenvalue weighted by molar-refractivity contribution is 5.92. The molecule has 0 aliphatic rings. The molecule has 0 spiro atoms. The van der Waals surface area contributed by atoms with Gasteiger partial charge in [-0.1, -0.05) is 6.07 Å². The number of carbonyl (C=O) groups is 2. The van der Waals surface area contributed by atoms with Gasteiger partial charge in [-0.15, -0.1) is 0 Å². The number of nitriles is 1. The third kappa shape index (κ3) is 3.72. The molecule has 0 heterocycles. The number of hydrogen-bond donors (Lipinski definition) is 2. The van der Waals surface area contributed by atoms with Crippen LogP contribution >= 0.6 is 0 Å². The van der Waals surface area contributed by atoms with Crippen LogP contribution in [0.15, 0.2) is 24.3 Å². The molecule has 0 radical (unpaired) electrons. The van der Waals surface area contributed by atoms with Crippen LogP contribution in [0.2, 0.25) is 0 Å². The first kappa shape index (κ1) is 15.5. The summed E-state index contributed by atoms with van der Waals surface area (Å²) in [7, 11) is 1.56. The topological polar surface area (TPSA) is 93.4 Å². The fourth-order valence-corrected chi connectivity index (χ4v) is 1.39. The smallest absolute Gasteiger partial charge is 0.321 e. The van der Waals surface area contributed by atoms with Crippen molar-refractivity contribution in [3.63, 3.8) is 0 Å². The summed E-state index contributed by atoms with van der Waals surface area (Å²) in [6.45, 7) is 3.08. The summed E-state index contributed by atoms with van der Waals surface area (Å²) in [4.78, 5) is 24.2. The maximum atomic E-state index is 12.0. The molecule has 0 unspecified atom stereocenters. The van der Waals surface area contributed by atoms with Crippen molar-refractivity contribution < 1.29 is 14.7 Å². The Morgan fingerprint density at radius 1 is 1.45 bits per heavy atom. The zero-order chi connectivity index (χ0) is 15.3. The molecular weight excluding hydrogens is 258 g/mol. The van der Waals surface area contributed by atoms with E-state index in [4.69, 9.17) is 10.4 Å². The van der Waals surface area contributed by atoms with Crippen molar-refractivity contribution in [3.05, 3.63) is 29.8 Å². The Hall–Kier alpha value is -2.55. The van der Waals surface area contributed by atoms with E-state index in [-0.39, 0.29) is 6.54 Å². The monoisotopic (exact) mass is 275 g/mol. The minimum Gasteiger partial charge on any atom is -0.481 e. The first-order valence-electron chi connectivity index (χ1n) is 6.03. The molecule has 0 aliphatic carbocycles. The van der Waals surface area contributed by atoms with Gasteiger partial charge in [0.1, 0.15) is 0 Å². The van der Waals surface area contributed by atoms with Crippen LogP contribution in [0.3, 0.4) is 0 Å². The molecule has 106 valence electrons. The SMILES string of the molecule is CN(C(=O)NCC(C)(C)C(=O)O)c1cccc(C#N)c1. The first-order chi connectivity index (χ1) is 9.27. The molecular formula is C14H17N3O3. The van der Waals surface area contributed by atoms with Gasteiger partial charge < -0.3 is 10.4 Å². The van der Waals surface area contributed by atoms with Crippen LogP contribution in [0.5, 0.6) is 0 Å². The standard InChI is InChI=1S/C14H17N3O3/c1-14(2,12(18)19)9-16-13(20)17(3)11-6-4-5-10(7-11)8-15/h4-7H,9H2,1-3H3,(H,16,20)(H,18,19). The van der Waals surface area contributed by atoms with Gasteiger partial charge in [-0.2, -0.15) is 5.26 Å². The van der Waals surface area contributed by atoms with Gasteiger partial charge in [0.25, 0.3) is 0 Å². The lowest BCUT2D eigenvalue weighted by Crippen LogP contribution is -2.44. The zero-order valence-electron chi connectivity index (χ0n) is 11.7. The van der Waals surface area contributed by atoms with Gasteiger partial charge in [-0.05, 0) is 32.0 Å². The number of carboxylic acid groups (broad SMARTS) is 1. The average molecular weight is 275 g/mol. The molecule has 0 aliphatic heterocycles. The molecule has 0 saturated carbocycles. The highest BCUT2D eigenvalue weighted by Crippen LogP contribution is 2.16. The molecule has 1 aromatic rings. The summed E-state index contributed by atoms with van der Waals surface area (Å²) in [5.74, 6) is -0.980. The van der Waals surface area contributed by atoms with Crippen LogP contribution in [-0.4, -0.2) is 30.7 Å². The Morgan fingerprint density at radius 2 is 2.10 bits per heavy atom. The van der Waals surface area contributed by atoms with Crippen LogP contribution in [-0.2, 0) is 4.79 Å². The second kappa shape index (κ2) is 6.06. The van der Waals surface area contributed by atoms with Crippen molar-refractivity contribution in [1.82, 2.24) is 5.32 Å². The molecule has 1 rings (SSSR count). The van der Waals surface area contributed by atoms with Crippen LogP contribution in [0.25, 0.3) is 0 Å². The van der Waals surface area contributed by atoms with E-state index in [0.29, 0.717) is 11.3 Å². The number of benzene rings is 1. The van der Waals surface area contributed by atoms with Crippen LogP contribution in [0.1, 0.15) is 19.4 Å². The molecule has 0 atom stereocenters. The van der Waals surface area contributed by atoms with Gasteiger partial charge in [-0.3, -0.25) is 9.69 Å². The number of carbonyl (C=O) groups excluding carboxylic acids is 1. The predicted molar refractivity (Wildman–Crippen MR) is 74.4 cm³/mol. The second-order valence-electron chi connectivity index (χ2n) is 5.07. The molecule has 0 aromatic heterocycles. The molecule has 6 nitrogen and oxygen atoms in total. The summed E-state index contributed by atoms with van der Waals surface area (Å²) >= 11 is 0. The Kier molecular flexibility index (Phi) is 4.70. The largest absolute Gasteiger partial charge is 0.481 e. The fourth-order valence-electron chi connectivity index (χ4n) is 1.39. The number of carboxylic acids is 1. The number of nitrogens with zero attached hydrogens (tertiary/aromatic N) is 2. The summed E-state index contributed by atoms with van der Waals surface area (Å²) in [5, 5.41) is 20.4. The molecule has 0 bridgehead atoms. The Labute approximate surface area is 117 Å². The van der Waals surface area contributed by atoms with E-state index < -0.39 is 17.4 Å². The molecule has 6 heteroatoms. The predicted octanol–water partition coefficient (Wildman–Crippen LogP) is 1.81. The van der Waals surface area contributed by atoms with E-state index in [0.717, 1.165) is 0 Å². The Morgan fingerprint density at radius 3 is 2.65 bits per heavy atom. The van der Waals surface area contributed by atoms with Crippen LogP contribution in [0.4, 0.5) is 10.5 Å². The summed E-state index contributed by atoms with van der Waals surface area (Å²) in [6, 6.07) is 8.18. The third-order valence-corrected chi connectivity index (χ3v) is 2.93. The lowest BCUT2D eigenvalue weighted by Gasteiger charge is -2.23. The first-order valence-corrected chi connectivity index (χ1v) is 6.03. The maximum Gasteiger partial charge on any atom is 0.321 e. The van der Waals surface area contributed by atoms with Crippen LogP contribution < -0.4 is 10.2 Å². The van der Waals surface area contributed by atoms with Crippen molar-refractivity contribution in [2.24, 2.45) is 5.41 Å². The van der Waals surface area contributed by atoms with Crippen LogP contribution in [0, 0.1) is 16.7 Å². The van der Waals surface area contributed by atoms with Crippen molar-refractivity contribution in [3.8, 4) is 6.07 Å². The van der Waals surface area contributed by atoms with Gasteiger partial charge >= 0.3 is 12.0 Å². The number of urea groups is 1. The number of aliphatic carboxylic acids is 1. The van der Waals surface area contributed by atoms with Crippen molar-refractivity contribution in [1.29, 1.82) is 5.26 Å². The van der Waals surface area contributed by atoms with Gasteiger partial charge in [0.05, 0.1) is 17.0 Å². The quantitative estimate of drug-likeness (QED) is 0.876. The Bertz CT molecular complexity index is 561. The van der Waals surface area contributed by atoms with E-state index >= 15 is 0 Å². The van der Waals surface area contributed by atoms with Crippen molar-refractivity contribution >= 4 is 17.7 Å². The van der Waals surface area contributed by atoms with Gasteiger partial charge in [0, 0.05) is 19.3 Å². The minimum absolute atomic E-state index is 0.0173. The lowest BCUT2D eigenvalue weighted by atomic mass is 9.94. The van der Waals surface area contributed by atoms with Gasteiger partial charge in [-0.25, -0.2) is 4.79 Å². The lowest BCUT2D eigenvalue weighted by molar-refractivity contribution is -0.146. The number of amides is 2. The molecule has 0 saturated heterocycles. The summed E-state index contributed by atoms with van der Waals surface area (Å²) in [6.07, 6.45) is 0. The molecule has 20 heavy (non-hydrogen) atoms. The maximum absolute atomic E-state index is 12.0. The van der Waals surface area contributed by atoms with Gasteiger partial charge in [0.15, 0.2) is 0 Å². The Balaban J connectivity index is 2.73. The van der Waals surface area contributed by atoms with Crippen molar-refractivity contribution in [2.45, 2.75) is 13.8 Å². The number of hydrogen-bond acceptors (Lipinski definition) is 3. The van der Waals surface area contributed by atoms with E-state index in [2.05, 4.69) is 5.32 Å².